The van der Waals surface area contributed by atoms with E-state index in [0.29, 0.717) is 11.5 Å². The Hall–Kier alpha value is -2.11. The van der Waals surface area contributed by atoms with Crippen LogP contribution in [0.2, 0.25) is 0 Å². The molecule has 0 aliphatic carbocycles. The highest BCUT2D eigenvalue weighted by molar-refractivity contribution is 6.01. The number of rotatable bonds is 4. The Morgan fingerprint density at radius 1 is 1.41 bits per heavy atom. The van der Waals surface area contributed by atoms with Crippen LogP contribution in [0.4, 0.5) is 11.5 Å². The number of anilines is 2. The fraction of sp³-hybridized carbons (Fsp3) is 0.273. The Kier molecular flexibility index (Phi) is 3.67. The van der Waals surface area contributed by atoms with Gasteiger partial charge in [0.15, 0.2) is 0 Å². The van der Waals surface area contributed by atoms with Crippen LogP contribution in [-0.2, 0) is 9.59 Å². The molecule has 0 fully saturated rings. The number of nitrogens with one attached hydrogen (secondary N) is 1. The van der Waals surface area contributed by atoms with Gasteiger partial charge in [-0.05, 0) is 12.1 Å². The molecule has 1 radical (unpaired) electrons. The summed E-state index contributed by atoms with van der Waals surface area (Å²) in [6.45, 7) is 3.13. The third kappa shape index (κ3) is 3.75. The molecule has 1 rings (SSSR count). The molecule has 2 amide bonds. The van der Waals surface area contributed by atoms with E-state index in [4.69, 9.17) is 11.5 Å². The smallest absolute Gasteiger partial charge is 0.229 e. The number of amides is 2. The Balaban J connectivity index is 2.62. The Labute approximate surface area is 99.4 Å². The van der Waals surface area contributed by atoms with Crippen LogP contribution in [0, 0.1) is 11.8 Å². The first-order chi connectivity index (χ1) is 7.81. The second kappa shape index (κ2) is 4.82. The van der Waals surface area contributed by atoms with Crippen LogP contribution in [0.15, 0.2) is 18.3 Å². The molecule has 0 saturated heterocycles. The number of carbonyl (C=O) groups excluding carboxylic acids is 2. The van der Waals surface area contributed by atoms with E-state index >= 15 is 0 Å². The lowest BCUT2D eigenvalue weighted by atomic mass is 9.88. The first-order valence-corrected chi connectivity index (χ1v) is 4.99. The topological polar surface area (TPSA) is 111 Å². The summed E-state index contributed by atoms with van der Waals surface area (Å²) in [4.78, 5) is 26.4. The summed E-state index contributed by atoms with van der Waals surface area (Å²) in [6.07, 6.45) is 2.66. The van der Waals surface area contributed by atoms with Crippen molar-refractivity contribution >= 4 is 23.3 Å². The molecule has 0 aliphatic rings. The minimum atomic E-state index is -0.995. The van der Waals surface area contributed by atoms with Crippen molar-refractivity contribution < 1.29 is 9.59 Å². The van der Waals surface area contributed by atoms with Crippen LogP contribution < -0.4 is 16.8 Å². The lowest BCUT2D eigenvalue weighted by molar-refractivity contribution is -0.127. The van der Waals surface area contributed by atoms with Gasteiger partial charge >= 0.3 is 0 Å². The van der Waals surface area contributed by atoms with E-state index in [1.807, 2.05) is 0 Å². The minimum Gasteiger partial charge on any atom is -0.384 e. The van der Waals surface area contributed by atoms with Gasteiger partial charge in [-0.25, -0.2) is 4.98 Å². The fourth-order valence-corrected chi connectivity index (χ4v) is 1.06. The molecule has 0 spiro atoms. The molecule has 0 aromatic carbocycles. The SMILES string of the molecule is CC(C)([CH]C(=O)Nc1ccc(N)nc1)C(N)=O. The molecule has 0 saturated carbocycles. The first kappa shape index (κ1) is 13.0. The van der Waals surface area contributed by atoms with Gasteiger partial charge in [0.05, 0.1) is 23.7 Å². The quantitative estimate of drug-likeness (QED) is 0.697. The van der Waals surface area contributed by atoms with Crippen molar-refractivity contribution in [3.05, 3.63) is 24.8 Å². The standard InChI is InChI=1S/C11H15N4O2/c1-11(2,10(13)17)5-9(16)15-7-3-4-8(12)14-6-7/h3-6H,1-2H3,(H2,12,14)(H2,13,17)(H,15,16). The maximum Gasteiger partial charge on any atom is 0.229 e. The van der Waals surface area contributed by atoms with Crippen molar-refractivity contribution in [2.75, 3.05) is 11.1 Å². The number of nitrogens with two attached hydrogens (primary N) is 2. The van der Waals surface area contributed by atoms with Gasteiger partial charge in [0, 0.05) is 0 Å². The lowest BCUT2D eigenvalue weighted by Crippen LogP contribution is -2.35. The van der Waals surface area contributed by atoms with Crippen molar-refractivity contribution in [1.82, 2.24) is 4.98 Å². The van der Waals surface area contributed by atoms with Gasteiger partial charge < -0.3 is 16.8 Å². The normalized spacial score (nSPS) is 10.9. The zero-order valence-electron chi connectivity index (χ0n) is 9.73. The molecular formula is C11H15N4O2. The molecule has 17 heavy (non-hydrogen) atoms. The average molecular weight is 235 g/mol. The van der Waals surface area contributed by atoms with Crippen LogP contribution >= 0.6 is 0 Å². The predicted molar refractivity (Wildman–Crippen MR) is 64.6 cm³/mol. The van der Waals surface area contributed by atoms with Gasteiger partial charge in [-0.15, -0.1) is 0 Å². The monoisotopic (exact) mass is 235 g/mol. The average Bonchev–Trinajstić information content (AvgIpc) is 2.20. The highest BCUT2D eigenvalue weighted by atomic mass is 16.2. The van der Waals surface area contributed by atoms with Crippen molar-refractivity contribution in [3.8, 4) is 0 Å². The number of hydrogen-bond donors (Lipinski definition) is 3. The van der Waals surface area contributed by atoms with Gasteiger partial charge in [-0.2, -0.15) is 0 Å². The molecule has 1 heterocycles. The van der Waals surface area contributed by atoms with Crippen LogP contribution in [0.5, 0.6) is 0 Å². The number of hydrogen-bond acceptors (Lipinski definition) is 4. The zero-order valence-corrected chi connectivity index (χ0v) is 9.73. The maximum atomic E-state index is 11.6. The molecule has 5 N–H and O–H groups in total. The van der Waals surface area contributed by atoms with Crippen LogP contribution in [-0.4, -0.2) is 16.8 Å². The van der Waals surface area contributed by atoms with Crippen LogP contribution in [0.25, 0.3) is 0 Å². The van der Waals surface area contributed by atoms with Crippen LogP contribution in [0.3, 0.4) is 0 Å². The third-order valence-corrected chi connectivity index (χ3v) is 2.18. The summed E-state index contributed by atoms with van der Waals surface area (Å²) < 4.78 is 0. The number of primary amides is 1. The number of aromatic nitrogens is 1. The largest absolute Gasteiger partial charge is 0.384 e. The highest BCUT2D eigenvalue weighted by Gasteiger charge is 2.28. The Morgan fingerprint density at radius 2 is 2.06 bits per heavy atom. The molecule has 0 bridgehead atoms. The second-order valence-electron chi connectivity index (χ2n) is 4.19. The number of carbonyl (C=O) groups is 2. The van der Waals surface area contributed by atoms with Crippen LogP contribution in [0.1, 0.15) is 13.8 Å². The molecule has 1 aromatic heterocycles. The fourth-order valence-electron chi connectivity index (χ4n) is 1.06. The lowest BCUT2D eigenvalue weighted by Gasteiger charge is -2.18. The summed E-state index contributed by atoms with van der Waals surface area (Å²) in [6, 6.07) is 3.18. The molecule has 0 atom stereocenters. The highest BCUT2D eigenvalue weighted by Crippen LogP contribution is 2.19. The first-order valence-electron chi connectivity index (χ1n) is 4.99. The number of pyridine rings is 1. The van der Waals surface area contributed by atoms with Gasteiger partial charge in [-0.3, -0.25) is 9.59 Å². The summed E-state index contributed by atoms with van der Waals surface area (Å²) in [5.74, 6) is -0.618. The van der Waals surface area contributed by atoms with E-state index in [2.05, 4.69) is 10.3 Å². The molecule has 0 unspecified atom stereocenters. The van der Waals surface area contributed by atoms with Crippen molar-refractivity contribution in [1.29, 1.82) is 0 Å². The van der Waals surface area contributed by atoms with Crippen molar-refractivity contribution in [3.63, 3.8) is 0 Å². The molecule has 6 heteroatoms. The maximum absolute atomic E-state index is 11.6. The van der Waals surface area contributed by atoms with Gasteiger partial charge in [0.2, 0.25) is 11.8 Å². The molecular weight excluding hydrogens is 220 g/mol. The Morgan fingerprint density at radius 3 is 2.53 bits per heavy atom. The number of nitrogens with zero attached hydrogens (tertiary/aromatic N) is 1. The van der Waals surface area contributed by atoms with E-state index in [1.165, 1.54) is 12.6 Å². The second-order valence-corrected chi connectivity index (χ2v) is 4.19. The van der Waals surface area contributed by atoms with Gasteiger partial charge in [0.1, 0.15) is 5.82 Å². The molecule has 1 aromatic rings. The summed E-state index contributed by atoms with van der Waals surface area (Å²) in [7, 11) is 0. The predicted octanol–water partition coefficient (Wildman–Crippen LogP) is 0.318. The van der Waals surface area contributed by atoms with E-state index in [-0.39, 0.29) is 0 Å². The van der Waals surface area contributed by atoms with E-state index in [0.717, 1.165) is 0 Å². The summed E-state index contributed by atoms with van der Waals surface area (Å²) >= 11 is 0. The van der Waals surface area contributed by atoms with E-state index in [9.17, 15) is 9.59 Å². The minimum absolute atomic E-state index is 0.365. The molecule has 0 aliphatic heterocycles. The third-order valence-electron chi connectivity index (χ3n) is 2.18. The van der Waals surface area contributed by atoms with E-state index < -0.39 is 17.2 Å². The summed E-state index contributed by atoms with van der Waals surface area (Å²) in [5.41, 5.74) is 10.1. The van der Waals surface area contributed by atoms with Gasteiger partial charge in [-0.1, -0.05) is 13.8 Å². The number of nitrogen functional groups attached to an aromatic ring is 1. The van der Waals surface area contributed by atoms with E-state index in [1.54, 1.807) is 26.0 Å². The molecule has 6 nitrogen and oxygen atoms in total. The van der Waals surface area contributed by atoms with Crippen molar-refractivity contribution in [2.24, 2.45) is 11.1 Å². The van der Waals surface area contributed by atoms with Crippen molar-refractivity contribution in [2.45, 2.75) is 13.8 Å². The Bertz CT molecular complexity index is 426. The zero-order chi connectivity index (χ0) is 13.1. The molecule has 91 valence electrons. The summed E-state index contributed by atoms with van der Waals surface area (Å²) in [5, 5.41) is 2.56. The van der Waals surface area contributed by atoms with Gasteiger partial charge in [0.25, 0.3) is 0 Å².